The summed E-state index contributed by atoms with van der Waals surface area (Å²) in [6.45, 7) is 1.17. The molecule has 194 valence electrons. The zero-order chi connectivity index (χ0) is 26.9. The van der Waals surface area contributed by atoms with Gasteiger partial charge < -0.3 is 13.6 Å². The maximum Gasteiger partial charge on any atom is 0.143 e. The molecule has 3 heterocycles. The van der Waals surface area contributed by atoms with E-state index in [-0.39, 0.29) is 0 Å². The number of ether oxygens (including phenoxy) is 1. The Kier molecular flexibility index (Phi) is 4.80. The first-order valence-corrected chi connectivity index (χ1v) is 14.0. The SMILES string of the molecule is c1ccc2c(c1)oc1ccc(-c3ccc4c(c3)-c3cc(-c5cccc6c5oc5ccccc56)ccc3COC4)cc12. The van der Waals surface area contributed by atoms with Gasteiger partial charge in [-0.1, -0.05) is 84.9 Å². The topological polar surface area (TPSA) is 35.5 Å². The number of benzene rings is 6. The van der Waals surface area contributed by atoms with Crippen molar-refractivity contribution in [1.29, 1.82) is 0 Å². The maximum atomic E-state index is 6.38. The number of hydrogen-bond donors (Lipinski definition) is 0. The number of furan rings is 2. The summed E-state index contributed by atoms with van der Waals surface area (Å²) in [6, 6.07) is 42.8. The summed E-state index contributed by atoms with van der Waals surface area (Å²) in [5, 5.41) is 4.56. The van der Waals surface area contributed by atoms with E-state index < -0.39 is 0 Å². The van der Waals surface area contributed by atoms with Crippen molar-refractivity contribution in [1.82, 2.24) is 0 Å². The summed E-state index contributed by atoms with van der Waals surface area (Å²) in [4.78, 5) is 0. The van der Waals surface area contributed by atoms with Gasteiger partial charge in [-0.3, -0.25) is 0 Å². The van der Waals surface area contributed by atoms with E-state index in [1.165, 1.54) is 33.4 Å². The van der Waals surface area contributed by atoms with E-state index in [2.05, 4.69) is 97.1 Å². The third-order valence-corrected chi connectivity index (χ3v) is 8.45. The van der Waals surface area contributed by atoms with Crippen LogP contribution in [0.4, 0.5) is 0 Å². The highest BCUT2D eigenvalue weighted by Gasteiger charge is 2.19. The van der Waals surface area contributed by atoms with Gasteiger partial charge in [-0.05, 0) is 75.3 Å². The number of fused-ring (bicyclic) bond motifs is 9. The van der Waals surface area contributed by atoms with Crippen molar-refractivity contribution >= 4 is 43.9 Å². The Morgan fingerprint density at radius 1 is 0.390 bits per heavy atom. The van der Waals surface area contributed by atoms with Gasteiger partial charge in [-0.25, -0.2) is 0 Å². The molecule has 0 spiro atoms. The van der Waals surface area contributed by atoms with Gasteiger partial charge in [-0.15, -0.1) is 0 Å². The molecule has 0 saturated heterocycles. The monoisotopic (exact) mass is 528 g/mol. The third kappa shape index (κ3) is 3.49. The van der Waals surface area contributed by atoms with Gasteiger partial charge >= 0.3 is 0 Å². The van der Waals surface area contributed by atoms with Gasteiger partial charge in [0, 0.05) is 27.1 Å². The van der Waals surface area contributed by atoms with Gasteiger partial charge in [0.1, 0.15) is 22.3 Å². The highest BCUT2D eigenvalue weighted by Crippen LogP contribution is 2.41. The first-order valence-electron chi connectivity index (χ1n) is 14.0. The van der Waals surface area contributed by atoms with Crippen molar-refractivity contribution in [3.05, 3.63) is 132 Å². The minimum atomic E-state index is 0.585. The molecule has 1 aliphatic heterocycles. The summed E-state index contributed by atoms with van der Waals surface area (Å²) >= 11 is 0. The second kappa shape index (κ2) is 8.69. The molecule has 0 radical (unpaired) electrons. The summed E-state index contributed by atoms with van der Waals surface area (Å²) in [6.07, 6.45) is 0. The summed E-state index contributed by atoms with van der Waals surface area (Å²) in [5.74, 6) is 0. The van der Waals surface area contributed by atoms with Gasteiger partial charge in [-0.2, -0.15) is 0 Å². The van der Waals surface area contributed by atoms with Gasteiger partial charge in [0.25, 0.3) is 0 Å². The first-order chi connectivity index (χ1) is 20.3. The van der Waals surface area contributed by atoms with Crippen molar-refractivity contribution in [3.8, 4) is 33.4 Å². The predicted molar refractivity (Wildman–Crippen MR) is 166 cm³/mol. The zero-order valence-corrected chi connectivity index (χ0v) is 22.2. The van der Waals surface area contributed by atoms with Crippen LogP contribution in [0.15, 0.2) is 130 Å². The second-order valence-electron chi connectivity index (χ2n) is 10.8. The summed E-state index contributed by atoms with van der Waals surface area (Å²) < 4.78 is 18.6. The molecule has 6 aromatic carbocycles. The molecule has 3 nitrogen and oxygen atoms in total. The van der Waals surface area contributed by atoms with Gasteiger partial charge in [0.2, 0.25) is 0 Å². The molecule has 3 heteroatoms. The zero-order valence-electron chi connectivity index (χ0n) is 22.2. The van der Waals surface area contributed by atoms with E-state index in [1.807, 2.05) is 24.3 Å². The van der Waals surface area contributed by atoms with Crippen LogP contribution in [-0.4, -0.2) is 0 Å². The normalized spacial score (nSPS) is 13.1. The van der Waals surface area contributed by atoms with Crippen LogP contribution in [0.5, 0.6) is 0 Å². The summed E-state index contributed by atoms with van der Waals surface area (Å²) in [7, 11) is 0. The van der Waals surface area contributed by atoms with Crippen LogP contribution in [0, 0.1) is 0 Å². The number of rotatable bonds is 2. The lowest BCUT2D eigenvalue weighted by Crippen LogP contribution is -1.91. The molecule has 0 N–H and O–H groups in total. The molecular formula is C38H24O3. The van der Waals surface area contributed by atoms with E-state index >= 15 is 0 Å². The number of para-hydroxylation sites is 3. The Morgan fingerprint density at radius 2 is 0.976 bits per heavy atom. The van der Waals surface area contributed by atoms with Crippen molar-refractivity contribution in [3.63, 3.8) is 0 Å². The molecular weight excluding hydrogens is 504 g/mol. The highest BCUT2D eigenvalue weighted by molar-refractivity contribution is 6.10. The minimum absolute atomic E-state index is 0.585. The average molecular weight is 529 g/mol. The number of hydrogen-bond acceptors (Lipinski definition) is 3. The molecule has 41 heavy (non-hydrogen) atoms. The van der Waals surface area contributed by atoms with E-state index in [9.17, 15) is 0 Å². The van der Waals surface area contributed by atoms with Crippen LogP contribution >= 0.6 is 0 Å². The first kappa shape index (κ1) is 22.7. The van der Waals surface area contributed by atoms with Crippen molar-refractivity contribution in [2.75, 3.05) is 0 Å². The highest BCUT2D eigenvalue weighted by atomic mass is 16.5. The van der Waals surface area contributed by atoms with Crippen LogP contribution in [0.3, 0.4) is 0 Å². The van der Waals surface area contributed by atoms with Crippen LogP contribution < -0.4 is 0 Å². The lowest BCUT2D eigenvalue weighted by atomic mass is 9.90. The van der Waals surface area contributed by atoms with E-state index in [0.717, 1.165) is 55.0 Å². The Bertz CT molecular complexity index is 2300. The summed E-state index contributed by atoms with van der Waals surface area (Å²) in [5.41, 5.74) is 13.1. The smallest absolute Gasteiger partial charge is 0.143 e. The predicted octanol–water partition coefficient (Wildman–Crippen LogP) is 10.5. The Balaban J connectivity index is 1.21. The molecule has 0 unspecified atom stereocenters. The quantitative estimate of drug-likeness (QED) is 0.224. The Hall–Kier alpha value is -5.12. The lowest BCUT2D eigenvalue weighted by Gasteiger charge is -2.13. The van der Waals surface area contributed by atoms with Crippen molar-refractivity contribution in [2.24, 2.45) is 0 Å². The Labute approximate surface area is 236 Å². The fourth-order valence-electron chi connectivity index (χ4n) is 6.40. The third-order valence-electron chi connectivity index (χ3n) is 8.45. The van der Waals surface area contributed by atoms with Crippen LogP contribution in [0.2, 0.25) is 0 Å². The molecule has 0 amide bonds. The van der Waals surface area contributed by atoms with Crippen molar-refractivity contribution < 1.29 is 13.6 Å². The molecule has 2 aromatic heterocycles. The molecule has 8 aromatic rings. The average Bonchev–Trinajstić information content (AvgIpc) is 3.53. The fourth-order valence-corrected chi connectivity index (χ4v) is 6.40. The van der Waals surface area contributed by atoms with Crippen LogP contribution in [0.1, 0.15) is 11.1 Å². The molecule has 9 rings (SSSR count). The standard InChI is InChI=1S/C38H24O3/c1-4-11-36-29(6-1)31-9-5-8-28(38(31)41-36)25-13-15-27-22-39-21-26-14-12-23(18-32(26)33(27)20-25)24-16-17-37-34(19-24)30-7-2-3-10-35(30)40-37/h1-20H,21-22H2. The Morgan fingerprint density at radius 3 is 1.78 bits per heavy atom. The van der Waals surface area contributed by atoms with E-state index in [4.69, 9.17) is 13.6 Å². The van der Waals surface area contributed by atoms with Crippen molar-refractivity contribution in [2.45, 2.75) is 13.2 Å². The van der Waals surface area contributed by atoms with Crippen LogP contribution in [-0.2, 0) is 18.0 Å². The minimum Gasteiger partial charge on any atom is -0.456 e. The van der Waals surface area contributed by atoms with Gasteiger partial charge in [0.05, 0.1) is 13.2 Å². The van der Waals surface area contributed by atoms with E-state index in [1.54, 1.807) is 0 Å². The fraction of sp³-hybridized carbons (Fsp3) is 0.0526. The molecule has 0 saturated carbocycles. The second-order valence-corrected chi connectivity index (χ2v) is 10.8. The van der Waals surface area contributed by atoms with Gasteiger partial charge in [0.15, 0.2) is 0 Å². The molecule has 0 fully saturated rings. The largest absolute Gasteiger partial charge is 0.456 e. The lowest BCUT2D eigenvalue weighted by molar-refractivity contribution is 0.110. The molecule has 0 aliphatic carbocycles. The van der Waals surface area contributed by atoms with Crippen LogP contribution in [0.25, 0.3) is 77.3 Å². The maximum absolute atomic E-state index is 6.38. The van der Waals surface area contributed by atoms with E-state index in [0.29, 0.717) is 13.2 Å². The molecule has 1 aliphatic rings. The molecule has 0 atom stereocenters. The molecule has 0 bridgehead atoms.